The lowest BCUT2D eigenvalue weighted by Gasteiger charge is -2.42. The van der Waals surface area contributed by atoms with Crippen LogP contribution in [0.2, 0.25) is 5.02 Å². The Morgan fingerprint density at radius 3 is 2.46 bits per heavy atom. The summed E-state index contributed by atoms with van der Waals surface area (Å²) >= 11 is 13.8. The second kappa shape index (κ2) is 10.8. The predicted molar refractivity (Wildman–Crippen MR) is 166 cm³/mol. The molecule has 3 fully saturated rings. The third-order valence-corrected chi connectivity index (χ3v) is 10.4. The Balaban J connectivity index is 1.30. The fraction of sp³-hybridized carbons (Fsp3) is 0.455. The third-order valence-electron chi connectivity index (χ3n) is 9.73. The van der Waals surface area contributed by atoms with E-state index in [1.54, 1.807) is 0 Å². The molecule has 2 aromatic carbocycles. The number of likely N-dealkylation sites (N-methyl/N-ethyl adjacent to an activating group) is 1. The van der Waals surface area contributed by atoms with E-state index in [9.17, 15) is 5.26 Å². The monoisotopic (exact) mass is 587 g/mol. The molecule has 0 bridgehead atoms. The summed E-state index contributed by atoms with van der Waals surface area (Å²) in [6.07, 6.45) is 8.96. The maximum atomic E-state index is 10.5. The van der Waals surface area contributed by atoms with Crippen LogP contribution in [0, 0.1) is 17.2 Å². The van der Waals surface area contributed by atoms with Gasteiger partial charge in [0.15, 0.2) is 0 Å². The van der Waals surface area contributed by atoms with Gasteiger partial charge in [-0.2, -0.15) is 5.26 Å². The number of piperazine rings is 1. The van der Waals surface area contributed by atoms with Crippen LogP contribution in [0.25, 0.3) is 16.3 Å². The van der Waals surface area contributed by atoms with Gasteiger partial charge in [-0.25, -0.2) is 4.99 Å². The zero-order chi connectivity index (χ0) is 28.1. The number of allylic oxidation sites excluding steroid dienone is 2. The number of ether oxygens (including phenoxy) is 1. The third kappa shape index (κ3) is 4.68. The second-order valence-electron chi connectivity index (χ2n) is 12.1. The van der Waals surface area contributed by atoms with Crippen molar-refractivity contribution < 1.29 is 4.74 Å². The molecule has 0 amide bonds. The molecule has 2 unspecified atom stereocenters. The van der Waals surface area contributed by atoms with E-state index in [2.05, 4.69) is 58.2 Å². The molecule has 3 saturated heterocycles. The molecule has 1 aliphatic carbocycles. The molecule has 4 heterocycles. The van der Waals surface area contributed by atoms with Crippen LogP contribution in [-0.4, -0.2) is 85.1 Å². The number of nitrogens with zero attached hydrogens (tertiary/aromatic N) is 5. The Hall–Kier alpha value is -2.82. The summed E-state index contributed by atoms with van der Waals surface area (Å²) in [5, 5.41) is 13.9. The lowest BCUT2D eigenvalue weighted by molar-refractivity contribution is 0.106. The van der Waals surface area contributed by atoms with Gasteiger partial charge in [-0.15, -0.1) is 0 Å². The highest BCUT2D eigenvalue weighted by atomic mass is 35.5. The van der Waals surface area contributed by atoms with Crippen molar-refractivity contribution in [1.29, 1.82) is 5.26 Å². The largest absolute Gasteiger partial charge is 0.475 e. The van der Waals surface area contributed by atoms with Crippen LogP contribution in [0.3, 0.4) is 0 Å². The maximum absolute atomic E-state index is 10.5. The molecule has 2 atom stereocenters. The fourth-order valence-electron chi connectivity index (χ4n) is 7.57. The lowest BCUT2D eigenvalue weighted by Crippen LogP contribution is -2.48. The molecule has 8 heteroatoms. The summed E-state index contributed by atoms with van der Waals surface area (Å²) in [4.78, 5) is 12.4. The van der Waals surface area contributed by atoms with Crippen molar-refractivity contribution in [3.05, 3.63) is 75.4 Å². The Morgan fingerprint density at radius 1 is 1.00 bits per heavy atom. The standard InChI is InChI=1S/C33H35Cl2N5O/c1-38-14-16-39(17-15-38)31-25-18-28(35)24(23-8-2-6-22-7-3-9-27(34)30(22)23)19-29(25)37-32(26(31)20-36)41-21-33-10-4-12-40(33)13-5-11-33/h2-3,6-9,18-19,25,29H,4-5,10-17,21H2,1H3. The summed E-state index contributed by atoms with van der Waals surface area (Å²) in [5.74, 6) is 0.350. The molecule has 5 aliphatic rings. The average Bonchev–Trinajstić information content (AvgIpc) is 3.56. The number of hydrogen-bond donors (Lipinski definition) is 0. The minimum absolute atomic E-state index is 0.0738. The van der Waals surface area contributed by atoms with Gasteiger partial charge in [0.2, 0.25) is 5.90 Å². The predicted octanol–water partition coefficient (Wildman–Crippen LogP) is 6.08. The van der Waals surface area contributed by atoms with Gasteiger partial charge in [0.25, 0.3) is 0 Å². The molecule has 7 rings (SSSR count). The van der Waals surface area contributed by atoms with Crippen LogP contribution >= 0.6 is 23.2 Å². The van der Waals surface area contributed by atoms with Crippen molar-refractivity contribution in [3.63, 3.8) is 0 Å². The van der Waals surface area contributed by atoms with Gasteiger partial charge >= 0.3 is 0 Å². The molecule has 0 radical (unpaired) electrons. The molecule has 6 nitrogen and oxygen atoms in total. The van der Waals surface area contributed by atoms with E-state index < -0.39 is 0 Å². The van der Waals surface area contributed by atoms with Gasteiger partial charge in [0, 0.05) is 53.2 Å². The molecule has 41 heavy (non-hydrogen) atoms. The molecular formula is C33H35Cl2N5O. The summed E-state index contributed by atoms with van der Waals surface area (Å²) in [7, 11) is 2.15. The maximum Gasteiger partial charge on any atom is 0.229 e. The van der Waals surface area contributed by atoms with Crippen LogP contribution in [0.5, 0.6) is 0 Å². The fourth-order valence-corrected chi connectivity index (χ4v) is 8.15. The van der Waals surface area contributed by atoms with Crippen molar-refractivity contribution in [3.8, 4) is 6.07 Å². The van der Waals surface area contributed by atoms with Crippen molar-refractivity contribution in [1.82, 2.24) is 14.7 Å². The van der Waals surface area contributed by atoms with Gasteiger partial charge in [0.1, 0.15) is 18.2 Å². The Labute approximate surface area is 252 Å². The second-order valence-corrected chi connectivity index (χ2v) is 12.9. The van der Waals surface area contributed by atoms with E-state index in [1.807, 2.05) is 18.2 Å². The number of nitriles is 1. The van der Waals surface area contributed by atoms with E-state index in [1.165, 1.54) is 12.8 Å². The summed E-state index contributed by atoms with van der Waals surface area (Å²) in [6.45, 7) is 6.44. The van der Waals surface area contributed by atoms with Crippen LogP contribution in [0.15, 0.2) is 69.8 Å². The van der Waals surface area contributed by atoms with E-state index >= 15 is 0 Å². The van der Waals surface area contributed by atoms with Gasteiger partial charge in [-0.05, 0) is 74.5 Å². The molecule has 0 spiro atoms. The summed E-state index contributed by atoms with van der Waals surface area (Å²) < 4.78 is 6.61. The highest BCUT2D eigenvalue weighted by molar-refractivity contribution is 6.39. The normalized spacial score (nSPS) is 26.3. The minimum Gasteiger partial charge on any atom is -0.475 e. The summed E-state index contributed by atoms with van der Waals surface area (Å²) in [6, 6.07) is 14.4. The Kier molecular flexibility index (Phi) is 7.11. The average molecular weight is 589 g/mol. The van der Waals surface area contributed by atoms with Crippen molar-refractivity contribution >= 4 is 45.4 Å². The van der Waals surface area contributed by atoms with E-state index in [4.69, 9.17) is 32.9 Å². The van der Waals surface area contributed by atoms with E-state index in [0.29, 0.717) is 28.1 Å². The number of aliphatic imine (C=N–C) groups is 1. The molecule has 2 aromatic rings. The van der Waals surface area contributed by atoms with E-state index in [0.717, 1.165) is 79.7 Å². The number of rotatable bonds is 4. The number of fused-ring (bicyclic) bond motifs is 3. The summed E-state index contributed by atoms with van der Waals surface area (Å²) in [5.41, 5.74) is 3.54. The van der Waals surface area contributed by atoms with Gasteiger partial charge < -0.3 is 14.5 Å². The highest BCUT2D eigenvalue weighted by Crippen LogP contribution is 2.44. The topological polar surface area (TPSA) is 55.1 Å². The van der Waals surface area contributed by atoms with Crippen LogP contribution in [0.1, 0.15) is 31.2 Å². The van der Waals surface area contributed by atoms with Crippen molar-refractivity contribution in [2.45, 2.75) is 37.3 Å². The first-order chi connectivity index (χ1) is 20.0. The van der Waals surface area contributed by atoms with E-state index in [-0.39, 0.29) is 17.5 Å². The molecule has 4 aliphatic heterocycles. The quantitative estimate of drug-likeness (QED) is 0.434. The molecule has 0 aromatic heterocycles. The number of hydrogen-bond acceptors (Lipinski definition) is 6. The first kappa shape index (κ1) is 27.0. The minimum atomic E-state index is -0.229. The molecule has 0 N–H and O–H groups in total. The molecule has 0 saturated carbocycles. The number of benzene rings is 2. The number of halogens is 2. The molecule has 212 valence electrons. The van der Waals surface area contributed by atoms with Crippen LogP contribution in [-0.2, 0) is 4.74 Å². The molecular weight excluding hydrogens is 553 g/mol. The zero-order valence-corrected chi connectivity index (χ0v) is 25.0. The lowest BCUT2D eigenvalue weighted by atomic mass is 9.82. The Bertz CT molecular complexity index is 1530. The highest BCUT2D eigenvalue weighted by Gasteiger charge is 2.46. The Morgan fingerprint density at radius 2 is 1.73 bits per heavy atom. The first-order valence-electron chi connectivity index (χ1n) is 14.8. The number of dihydropyridines is 1. The van der Waals surface area contributed by atoms with Crippen molar-refractivity contribution in [2.75, 3.05) is 52.9 Å². The van der Waals surface area contributed by atoms with Crippen LogP contribution in [0.4, 0.5) is 0 Å². The smallest absolute Gasteiger partial charge is 0.229 e. The zero-order valence-electron chi connectivity index (χ0n) is 23.5. The first-order valence-corrected chi connectivity index (χ1v) is 15.5. The van der Waals surface area contributed by atoms with Gasteiger partial charge in [0.05, 0.1) is 11.6 Å². The van der Waals surface area contributed by atoms with Gasteiger partial charge in [-0.1, -0.05) is 59.6 Å². The van der Waals surface area contributed by atoms with Crippen LogP contribution < -0.4 is 0 Å². The SMILES string of the molecule is CN1CCN(C2=C(C#N)C(OCC34CCCN3CCC4)=NC3C=C(c4cccc5cccc(Cl)c45)C(Cl)=CC23)CC1. The van der Waals surface area contributed by atoms with Crippen molar-refractivity contribution in [2.24, 2.45) is 10.9 Å². The van der Waals surface area contributed by atoms with Gasteiger partial charge in [-0.3, -0.25) is 4.90 Å².